The summed E-state index contributed by atoms with van der Waals surface area (Å²) in [5.74, 6) is -0.740. The number of aliphatic carboxylic acids is 1. The second kappa shape index (κ2) is 8.35. The molecule has 0 aromatic heterocycles. The van der Waals surface area contributed by atoms with E-state index >= 15 is 0 Å². The van der Waals surface area contributed by atoms with E-state index in [0.29, 0.717) is 0 Å². The van der Waals surface area contributed by atoms with Gasteiger partial charge in [0.25, 0.3) is 0 Å². The number of amides is 1. The number of carbonyl (C=O) groups excluding carboxylic acids is 1. The summed E-state index contributed by atoms with van der Waals surface area (Å²) in [7, 11) is 0. The molecule has 1 amide bonds. The molecule has 0 unspecified atom stereocenters. The van der Waals surface area contributed by atoms with Gasteiger partial charge in [-0.05, 0) is 30.5 Å². The Morgan fingerprint density at radius 2 is 1.65 bits per heavy atom. The maximum atomic E-state index is 12.1. The number of benzene rings is 1. The summed E-state index contributed by atoms with van der Waals surface area (Å²) in [6, 6.07) is 6.98. The topological polar surface area (TPSA) is 66.4 Å². The summed E-state index contributed by atoms with van der Waals surface area (Å²) >= 11 is 0. The Bertz CT molecular complexity index is 434. The van der Waals surface area contributed by atoms with Crippen molar-refractivity contribution in [1.29, 1.82) is 0 Å². The van der Waals surface area contributed by atoms with Crippen LogP contribution in [-0.4, -0.2) is 17.0 Å². The lowest BCUT2D eigenvalue weighted by Gasteiger charge is -2.15. The number of carboxylic acid groups (broad SMARTS) is 1. The maximum absolute atomic E-state index is 12.1. The Balaban J connectivity index is 2.62. The summed E-state index contributed by atoms with van der Waals surface area (Å²) in [6.45, 7) is 4.16. The van der Waals surface area contributed by atoms with E-state index in [9.17, 15) is 9.59 Å². The van der Waals surface area contributed by atoms with E-state index in [1.54, 1.807) is 24.3 Å². The first-order valence-electron chi connectivity index (χ1n) is 7.18. The van der Waals surface area contributed by atoms with Crippen LogP contribution in [0.1, 0.15) is 45.1 Å². The Hall–Kier alpha value is -1.84. The normalized spacial score (nSPS) is 10.6. The van der Waals surface area contributed by atoms with Crippen molar-refractivity contribution in [3.8, 4) is 0 Å². The SMILES string of the molecule is CCCC(CCC)C(=O)Nc1ccc(CC(=O)O)cc1. The van der Waals surface area contributed by atoms with Gasteiger partial charge in [0.2, 0.25) is 5.91 Å². The van der Waals surface area contributed by atoms with E-state index in [1.807, 2.05) is 0 Å². The van der Waals surface area contributed by atoms with Gasteiger partial charge in [0.05, 0.1) is 6.42 Å². The molecule has 0 atom stereocenters. The fourth-order valence-electron chi connectivity index (χ4n) is 2.23. The minimum Gasteiger partial charge on any atom is -0.481 e. The largest absolute Gasteiger partial charge is 0.481 e. The number of rotatable bonds is 8. The van der Waals surface area contributed by atoms with Crippen molar-refractivity contribution in [2.24, 2.45) is 5.92 Å². The molecule has 0 heterocycles. The van der Waals surface area contributed by atoms with Crippen LogP contribution in [0.5, 0.6) is 0 Å². The van der Waals surface area contributed by atoms with Crippen LogP contribution in [0.25, 0.3) is 0 Å². The molecular formula is C16H23NO3. The van der Waals surface area contributed by atoms with Crippen LogP contribution < -0.4 is 5.32 Å². The summed E-state index contributed by atoms with van der Waals surface area (Å²) in [5.41, 5.74) is 1.45. The van der Waals surface area contributed by atoms with Gasteiger partial charge in [-0.15, -0.1) is 0 Å². The van der Waals surface area contributed by atoms with E-state index in [-0.39, 0.29) is 18.2 Å². The number of hydrogen-bond acceptors (Lipinski definition) is 2. The van der Waals surface area contributed by atoms with Gasteiger partial charge in [-0.1, -0.05) is 38.8 Å². The van der Waals surface area contributed by atoms with Crippen molar-refractivity contribution in [3.63, 3.8) is 0 Å². The Kier molecular flexibility index (Phi) is 6.77. The molecule has 2 N–H and O–H groups in total. The highest BCUT2D eigenvalue weighted by molar-refractivity contribution is 5.92. The highest BCUT2D eigenvalue weighted by Crippen LogP contribution is 2.17. The average Bonchev–Trinajstić information content (AvgIpc) is 2.40. The average molecular weight is 277 g/mol. The van der Waals surface area contributed by atoms with Crippen LogP contribution in [0.4, 0.5) is 5.69 Å². The van der Waals surface area contributed by atoms with Gasteiger partial charge in [-0.2, -0.15) is 0 Å². The first-order valence-corrected chi connectivity index (χ1v) is 7.18. The van der Waals surface area contributed by atoms with Crippen LogP contribution >= 0.6 is 0 Å². The van der Waals surface area contributed by atoms with Crippen molar-refractivity contribution >= 4 is 17.6 Å². The van der Waals surface area contributed by atoms with Crippen molar-refractivity contribution in [2.45, 2.75) is 46.0 Å². The second-order valence-electron chi connectivity index (χ2n) is 5.03. The van der Waals surface area contributed by atoms with E-state index < -0.39 is 5.97 Å². The Morgan fingerprint density at radius 3 is 2.10 bits per heavy atom. The fraction of sp³-hybridized carbons (Fsp3) is 0.500. The van der Waals surface area contributed by atoms with Gasteiger partial charge in [0.15, 0.2) is 0 Å². The van der Waals surface area contributed by atoms with E-state index in [1.165, 1.54) is 0 Å². The van der Waals surface area contributed by atoms with E-state index in [2.05, 4.69) is 19.2 Å². The number of carboxylic acids is 1. The van der Waals surface area contributed by atoms with Gasteiger partial charge in [-0.25, -0.2) is 0 Å². The third-order valence-corrected chi connectivity index (χ3v) is 3.22. The lowest BCUT2D eigenvalue weighted by Crippen LogP contribution is -2.22. The lowest BCUT2D eigenvalue weighted by atomic mass is 9.97. The van der Waals surface area contributed by atoms with Crippen molar-refractivity contribution < 1.29 is 14.7 Å². The van der Waals surface area contributed by atoms with Gasteiger partial charge in [0, 0.05) is 11.6 Å². The number of nitrogens with one attached hydrogen (secondary N) is 1. The Labute approximate surface area is 120 Å². The van der Waals surface area contributed by atoms with Gasteiger partial charge >= 0.3 is 5.97 Å². The zero-order valence-corrected chi connectivity index (χ0v) is 12.2. The predicted octanol–water partition coefficient (Wildman–Crippen LogP) is 3.47. The zero-order chi connectivity index (χ0) is 15.0. The lowest BCUT2D eigenvalue weighted by molar-refractivity contribution is -0.136. The van der Waals surface area contributed by atoms with Gasteiger partial charge in [-0.3, -0.25) is 9.59 Å². The summed E-state index contributed by atoms with van der Waals surface area (Å²) < 4.78 is 0. The van der Waals surface area contributed by atoms with Crippen molar-refractivity contribution in [1.82, 2.24) is 0 Å². The third-order valence-electron chi connectivity index (χ3n) is 3.22. The van der Waals surface area contributed by atoms with E-state index in [4.69, 9.17) is 5.11 Å². The summed E-state index contributed by atoms with van der Waals surface area (Å²) in [6.07, 6.45) is 3.79. The molecule has 0 saturated carbocycles. The number of hydrogen-bond donors (Lipinski definition) is 2. The summed E-state index contributed by atoms with van der Waals surface area (Å²) in [5, 5.41) is 11.6. The highest BCUT2D eigenvalue weighted by atomic mass is 16.4. The van der Waals surface area contributed by atoms with Crippen LogP contribution in [-0.2, 0) is 16.0 Å². The molecule has 0 spiro atoms. The molecule has 20 heavy (non-hydrogen) atoms. The van der Waals surface area contributed by atoms with Gasteiger partial charge < -0.3 is 10.4 Å². The highest BCUT2D eigenvalue weighted by Gasteiger charge is 2.16. The summed E-state index contributed by atoms with van der Waals surface area (Å²) in [4.78, 5) is 22.7. The van der Waals surface area contributed by atoms with Gasteiger partial charge in [0.1, 0.15) is 0 Å². The standard InChI is InChI=1S/C16H23NO3/c1-3-5-13(6-4-2)16(20)17-14-9-7-12(8-10-14)11-15(18)19/h7-10,13H,3-6,11H2,1-2H3,(H,17,20)(H,18,19). The smallest absolute Gasteiger partial charge is 0.307 e. The molecule has 1 aromatic carbocycles. The molecular weight excluding hydrogens is 254 g/mol. The second-order valence-corrected chi connectivity index (χ2v) is 5.03. The molecule has 0 bridgehead atoms. The Morgan fingerprint density at radius 1 is 1.10 bits per heavy atom. The van der Waals surface area contributed by atoms with Crippen LogP contribution in [0.15, 0.2) is 24.3 Å². The monoisotopic (exact) mass is 277 g/mol. The molecule has 110 valence electrons. The van der Waals surface area contributed by atoms with E-state index in [0.717, 1.165) is 36.9 Å². The first-order chi connectivity index (χ1) is 9.56. The molecule has 4 nitrogen and oxygen atoms in total. The zero-order valence-electron chi connectivity index (χ0n) is 12.2. The molecule has 0 aliphatic rings. The van der Waals surface area contributed by atoms with Crippen molar-refractivity contribution in [3.05, 3.63) is 29.8 Å². The minimum absolute atomic E-state index is 0.00250. The predicted molar refractivity (Wildman–Crippen MR) is 79.7 cm³/mol. The quantitative estimate of drug-likeness (QED) is 0.764. The molecule has 4 heteroatoms. The fourth-order valence-corrected chi connectivity index (χ4v) is 2.23. The molecule has 0 saturated heterocycles. The molecule has 0 fully saturated rings. The minimum atomic E-state index is -0.854. The first kappa shape index (κ1) is 16.2. The number of carbonyl (C=O) groups is 2. The van der Waals surface area contributed by atoms with Crippen LogP contribution in [0.2, 0.25) is 0 Å². The maximum Gasteiger partial charge on any atom is 0.307 e. The number of anilines is 1. The molecule has 0 aliphatic carbocycles. The van der Waals surface area contributed by atoms with Crippen molar-refractivity contribution in [2.75, 3.05) is 5.32 Å². The molecule has 1 aromatic rings. The van der Waals surface area contributed by atoms with Crippen LogP contribution in [0.3, 0.4) is 0 Å². The molecule has 1 rings (SSSR count). The molecule has 0 aliphatic heterocycles. The molecule has 0 radical (unpaired) electrons. The third kappa shape index (κ3) is 5.43. The van der Waals surface area contributed by atoms with Crippen LogP contribution in [0, 0.1) is 5.92 Å².